The van der Waals surface area contributed by atoms with Gasteiger partial charge in [0.05, 0.1) is 11.8 Å². The Morgan fingerprint density at radius 3 is 2.61 bits per heavy atom. The number of hydrazone groups is 1. The third-order valence-corrected chi connectivity index (χ3v) is 7.48. The van der Waals surface area contributed by atoms with Crippen molar-refractivity contribution < 1.29 is 4.74 Å². The van der Waals surface area contributed by atoms with Crippen LogP contribution < -0.4 is 4.74 Å². The molecule has 1 aliphatic carbocycles. The van der Waals surface area contributed by atoms with Crippen LogP contribution in [0.1, 0.15) is 60.8 Å². The van der Waals surface area contributed by atoms with E-state index in [0.29, 0.717) is 5.92 Å². The molecule has 0 N–H and O–H groups in total. The number of hydrogen-bond acceptors (Lipinski definition) is 4. The van der Waals surface area contributed by atoms with E-state index in [9.17, 15) is 0 Å². The third-order valence-electron chi connectivity index (χ3n) is 6.99. The Hall–Kier alpha value is -2.66. The van der Waals surface area contributed by atoms with Gasteiger partial charge in [0.2, 0.25) is 0 Å². The van der Waals surface area contributed by atoms with Crippen LogP contribution in [0.4, 0.5) is 0 Å². The van der Waals surface area contributed by atoms with Crippen molar-refractivity contribution in [3.05, 3.63) is 94.2 Å². The fraction of sp³-hybridized carbons (Fsp3) is 0.308. The summed E-state index contributed by atoms with van der Waals surface area (Å²) in [5, 5.41) is 7.44. The number of halogens is 1. The monoisotopic (exact) mass is 473 g/mol. The van der Waals surface area contributed by atoms with Gasteiger partial charge in [-0.2, -0.15) is 5.10 Å². The van der Waals surface area contributed by atoms with Gasteiger partial charge in [0.25, 0.3) is 0 Å². The minimum Gasteiger partial charge on any atom is -0.466 e. The molecule has 0 unspecified atom stereocenters. The van der Waals surface area contributed by atoms with Crippen LogP contribution in [0.15, 0.2) is 82.6 Å². The van der Waals surface area contributed by atoms with Crippen molar-refractivity contribution >= 4 is 21.6 Å². The lowest BCUT2D eigenvalue weighted by Crippen LogP contribution is -2.55. The number of fused-ring (bicyclic) bond motifs is 4. The number of ether oxygens (including phenoxy) is 1. The molecule has 156 valence electrons. The van der Waals surface area contributed by atoms with Crippen molar-refractivity contribution in [2.24, 2.45) is 5.10 Å². The molecular formula is C26H24BrN3O. The number of nitrogens with zero attached hydrogens (tertiary/aromatic N) is 3. The molecule has 1 atom stereocenters. The molecule has 0 bridgehead atoms. The maximum Gasteiger partial charge on any atom is 0.198 e. The number of hydrogen-bond donors (Lipinski definition) is 0. The fourth-order valence-corrected chi connectivity index (χ4v) is 5.80. The first-order valence-corrected chi connectivity index (χ1v) is 11.8. The Kier molecular flexibility index (Phi) is 4.60. The second kappa shape index (κ2) is 7.49. The van der Waals surface area contributed by atoms with Gasteiger partial charge >= 0.3 is 0 Å². The molecule has 0 radical (unpaired) electrons. The molecule has 2 aromatic carbocycles. The van der Waals surface area contributed by atoms with Crippen LogP contribution in [0.3, 0.4) is 0 Å². The van der Waals surface area contributed by atoms with Crippen molar-refractivity contribution in [2.45, 2.75) is 49.8 Å². The van der Waals surface area contributed by atoms with Gasteiger partial charge in [0, 0.05) is 47.3 Å². The maximum atomic E-state index is 6.78. The van der Waals surface area contributed by atoms with Gasteiger partial charge in [-0.25, -0.2) is 5.01 Å². The van der Waals surface area contributed by atoms with Crippen molar-refractivity contribution in [3.8, 4) is 5.75 Å². The summed E-state index contributed by atoms with van der Waals surface area (Å²) in [5.74, 6) is 1.59. The van der Waals surface area contributed by atoms with E-state index in [4.69, 9.17) is 9.84 Å². The Morgan fingerprint density at radius 1 is 1.00 bits per heavy atom. The maximum absolute atomic E-state index is 6.78. The van der Waals surface area contributed by atoms with Crippen LogP contribution in [0.25, 0.3) is 0 Å². The molecule has 1 spiro atoms. The smallest absolute Gasteiger partial charge is 0.198 e. The van der Waals surface area contributed by atoms with Gasteiger partial charge in [-0.3, -0.25) is 4.98 Å². The first-order valence-electron chi connectivity index (χ1n) is 11.0. The number of benzene rings is 2. The molecule has 4 nitrogen and oxygen atoms in total. The average molecular weight is 474 g/mol. The zero-order chi connectivity index (χ0) is 20.8. The van der Waals surface area contributed by atoms with E-state index in [1.54, 1.807) is 0 Å². The quantitative estimate of drug-likeness (QED) is 0.429. The Labute approximate surface area is 191 Å². The van der Waals surface area contributed by atoms with Gasteiger partial charge in [-0.15, -0.1) is 0 Å². The number of rotatable bonds is 2. The SMILES string of the molecule is Brc1ccc2c(c1)[C@H]1CC(c3cccnc3)=NN1C1(CCC(c3ccccc3)CC1)O2. The topological polar surface area (TPSA) is 37.7 Å². The Morgan fingerprint density at radius 2 is 1.84 bits per heavy atom. The lowest BCUT2D eigenvalue weighted by Gasteiger charge is -2.50. The van der Waals surface area contributed by atoms with E-state index in [1.165, 1.54) is 11.1 Å². The summed E-state index contributed by atoms with van der Waals surface area (Å²) in [6, 6.07) is 21.6. The van der Waals surface area contributed by atoms with Crippen LogP contribution in [0, 0.1) is 0 Å². The number of pyridine rings is 1. The van der Waals surface area contributed by atoms with Crippen molar-refractivity contribution in [2.75, 3.05) is 0 Å². The summed E-state index contributed by atoms with van der Waals surface area (Å²) in [5.41, 5.74) is 4.48. The Balaban J connectivity index is 1.36. The highest BCUT2D eigenvalue weighted by molar-refractivity contribution is 9.10. The largest absolute Gasteiger partial charge is 0.466 e. The summed E-state index contributed by atoms with van der Waals surface area (Å²) in [6.45, 7) is 0. The van der Waals surface area contributed by atoms with E-state index in [0.717, 1.165) is 53.6 Å². The summed E-state index contributed by atoms with van der Waals surface area (Å²) in [7, 11) is 0. The highest BCUT2D eigenvalue weighted by Gasteiger charge is 2.52. The Bertz CT molecular complexity index is 1120. The predicted molar refractivity (Wildman–Crippen MR) is 125 cm³/mol. The van der Waals surface area contributed by atoms with E-state index in [1.807, 2.05) is 18.5 Å². The van der Waals surface area contributed by atoms with Gasteiger partial charge in [-0.05, 0) is 48.6 Å². The summed E-state index contributed by atoms with van der Waals surface area (Å²) in [4.78, 5) is 4.31. The molecular weight excluding hydrogens is 450 g/mol. The fourth-order valence-electron chi connectivity index (χ4n) is 5.42. The van der Waals surface area contributed by atoms with Gasteiger partial charge in [0.1, 0.15) is 5.75 Å². The highest BCUT2D eigenvalue weighted by atomic mass is 79.9. The predicted octanol–water partition coefficient (Wildman–Crippen LogP) is 6.44. The minimum atomic E-state index is -0.374. The molecule has 6 rings (SSSR count). The molecule has 3 aromatic rings. The van der Waals surface area contributed by atoms with Crippen LogP contribution in [0.5, 0.6) is 5.75 Å². The molecule has 1 aromatic heterocycles. The lowest BCUT2D eigenvalue weighted by atomic mass is 9.78. The van der Waals surface area contributed by atoms with Gasteiger partial charge in [-0.1, -0.05) is 52.3 Å². The second-order valence-electron chi connectivity index (χ2n) is 8.77. The van der Waals surface area contributed by atoms with Crippen LogP contribution in [-0.2, 0) is 0 Å². The molecule has 2 aliphatic heterocycles. The summed E-state index contributed by atoms with van der Waals surface area (Å²) in [6.07, 6.45) is 8.77. The van der Waals surface area contributed by atoms with Crippen molar-refractivity contribution in [1.82, 2.24) is 9.99 Å². The van der Waals surface area contributed by atoms with Crippen molar-refractivity contribution in [3.63, 3.8) is 0 Å². The average Bonchev–Trinajstić information content (AvgIpc) is 3.29. The normalized spacial score (nSPS) is 26.7. The molecule has 0 amide bonds. The molecule has 31 heavy (non-hydrogen) atoms. The zero-order valence-electron chi connectivity index (χ0n) is 17.2. The van der Waals surface area contributed by atoms with E-state index in [2.05, 4.69) is 80.5 Å². The van der Waals surface area contributed by atoms with Gasteiger partial charge in [0.15, 0.2) is 5.72 Å². The zero-order valence-corrected chi connectivity index (χ0v) is 18.8. The van der Waals surface area contributed by atoms with E-state index in [-0.39, 0.29) is 11.8 Å². The van der Waals surface area contributed by atoms with Crippen LogP contribution in [0.2, 0.25) is 0 Å². The van der Waals surface area contributed by atoms with Gasteiger partial charge < -0.3 is 4.74 Å². The lowest BCUT2D eigenvalue weighted by molar-refractivity contribution is -0.142. The molecule has 3 heterocycles. The first-order chi connectivity index (χ1) is 15.2. The number of aromatic nitrogens is 1. The molecule has 1 fully saturated rings. The van der Waals surface area contributed by atoms with Crippen LogP contribution >= 0.6 is 15.9 Å². The summed E-state index contributed by atoms with van der Waals surface area (Å²) < 4.78 is 7.86. The summed E-state index contributed by atoms with van der Waals surface area (Å²) >= 11 is 3.65. The first kappa shape index (κ1) is 19.1. The third kappa shape index (κ3) is 3.26. The highest BCUT2D eigenvalue weighted by Crippen LogP contribution is 2.53. The van der Waals surface area contributed by atoms with Crippen LogP contribution in [-0.4, -0.2) is 21.4 Å². The molecule has 0 saturated heterocycles. The minimum absolute atomic E-state index is 0.199. The second-order valence-corrected chi connectivity index (χ2v) is 9.68. The molecule has 1 saturated carbocycles. The van der Waals surface area contributed by atoms with Crippen molar-refractivity contribution in [1.29, 1.82) is 0 Å². The molecule has 5 heteroatoms. The molecule has 3 aliphatic rings. The van der Waals surface area contributed by atoms with E-state index >= 15 is 0 Å². The standard InChI is InChI=1S/C26H24BrN3O/c27-21-8-9-25-22(15-21)24-16-23(20-7-4-14-28-17-20)29-30(24)26(31-25)12-10-19(11-13-26)18-5-2-1-3-6-18/h1-9,14-15,17,19,24H,10-13,16H2/t19?,24-,26?/m1/s1. The van der Waals surface area contributed by atoms with E-state index < -0.39 is 0 Å².